The first kappa shape index (κ1) is 18.0. The number of amides is 1. The van der Waals surface area contributed by atoms with Crippen molar-refractivity contribution in [3.63, 3.8) is 0 Å². The summed E-state index contributed by atoms with van der Waals surface area (Å²) < 4.78 is 4.44. The molecule has 7 heteroatoms. The minimum atomic E-state index is -0.538. The van der Waals surface area contributed by atoms with Gasteiger partial charge in [0, 0.05) is 0 Å². The summed E-state index contributed by atoms with van der Waals surface area (Å²) in [4.78, 5) is 17.9. The molecule has 0 saturated heterocycles. The van der Waals surface area contributed by atoms with Gasteiger partial charge in [0.1, 0.15) is 0 Å². The van der Waals surface area contributed by atoms with Gasteiger partial charge < -0.3 is 14.8 Å². The third kappa shape index (κ3) is 5.40. The van der Waals surface area contributed by atoms with Gasteiger partial charge >= 0.3 is 35.7 Å². The number of nitrogens with one attached hydrogen (secondary N) is 2. The summed E-state index contributed by atoms with van der Waals surface area (Å²) in [6.07, 6.45) is -0.538. The molecular weight excluding hydrogens is 293 g/mol. The molecule has 0 spiro atoms. The SMILES string of the molecule is COC(=O)Nc1nc2ccccc2[nH]1.[Na+].[O-]c1ccccc1. The Labute approximate surface area is 149 Å². The zero-order valence-corrected chi connectivity index (χ0v) is 14.4. The first-order chi connectivity index (χ1) is 10.2. The van der Waals surface area contributed by atoms with E-state index in [1.807, 2.05) is 30.3 Å². The molecule has 108 valence electrons. The molecular formula is C15H14N3NaO3. The normalized spacial score (nSPS) is 9.14. The van der Waals surface area contributed by atoms with Crippen LogP contribution in [0.2, 0.25) is 0 Å². The van der Waals surface area contributed by atoms with E-state index in [9.17, 15) is 9.90 Å². The van der Waals surface area contributed by atoms with Crippen molar-refractivity contribution in [3.8, 4) is 5.75 Å². The van der Waals surface area contributed by atoms with Gasteiger partial charge in [-0.05, 0) is 12.1 Å². The number of benzene rings is 2. The Kier molecular flexibility index (Phi) is 7.45. The predicted octanol–water partition coefficient (Wildman–Crippen LogP) is -0.495. The van der Waals surface area contributed by atoms with Gasteiger partial charge in [0.25, 0.3) is 0 Å². The minimum Gasteiger partial charge on any atom is -0.872 e. The third-order valence-corrected chi connectivity index (χ3v) is 2.54. The second-order valence-electron chi connectivity index (χ2n) is 4.03. The molecule has 0 atom stereocenters. The summed E-state index contributed by atoms with van der Waals surface area (Å²) in [6, 6.07) is 15.8. The van der Waals surface area contributed by atoms with Crippen LogP contribution >= 0.6 is 0 Å². The Hall–Kier alpha value is -2.02. The Balaban J connectivity index is 0.000000258. The van der Waals surface area contributed by atoms with Crippen LogP contribution in [0.3, 0.4) is 0 Å². The molecule has 3 rings (SSSR count). The second kappa shape index (κ2) is 9.09. The van der Waals surface area contributed by atoms with Gasteiger partial charge in [-0.2, -0.15) is 0 Å². The van der Waals surface area contributed by atoms with E-state index in [0.717, 1.165) is 11.0 Å². The molecule has 0 aliphatic rings. The molecule has 0 aliphatic heterocycles. The van der Waals surface area contributed by atoms with Crippen molar-refractivity contribution in [1.82, 2.24) is 9.97 Å². The number of rotatable bonds is 1. The van der Waals surface area contributed by atoms with Gasteiger partial charge in [-0.25, -0.2) is 9.78 Å². The van der Waals surface area contributed by atoms with Gasteiger partial charge in [-0.3, -0.25) is 5.32 Å². The maximum Gasteiger partial charge on any atom is 1.00 e. The Morgan fingerprint density at radius 3 is 2.32 bits per heavy atom. The fourth-order valence-corrected chi connectivity index (χ4v) is 1.58. The van der Waals surface area contributed by atoms with Gasteiger partial charge in [-0.15, -0.1) is 5.75 Å². The van der Waals surface area contributed by atoms with Crippen molar-refractivity contribution >= 4 is 23.1 Å². The van der Waals surface area contributed by atoms with Crippen molar-refractivity contribution in [1.29, 1.82) is 0 Å². The van der Waals surface area contributed by atoms with Crippen LogP contribution in [-0.2, 0) is 4.74 Å². The summed E-state index contributed by atoms with van der Waals surface area (Å²) in [7, 11) is 1.30. The molecule has 0 saturated carbocycles. The third-order valence-electron chi connectivity index (χ3n) is 2.54. The summed E-state index contributed by atoms with van der Waals surface area (Å²) in [6.45, 7) is 0. The average Bonchev–Trinajstić information content (AvgIpc) is 2.90. The number of carbonyl (C=O) groups is 1. The summed E-state index contributed by atoms with van der Waals surface area (Å²) in [5, 5.41) is 12.7. The number of aromatic nitrogens is 2. The van der Waals surface area contributed by atoms with E-state index >= 15 is 0 Å². The van der Waals surface area contributed by atoms with Crippen molar-refractivity contribution in [3.05, 3.63) is 54.6 Å². The Morgan fingerprint density at radius 1 is 1.14 bits per heavy atom. The number of nitrogens with zero attached hydrogens (tertiary/aromatic N) is 1. The van der Waals surface area contributed by atoms with Crippen LogP contribution in [0, 0.1) is 0 Å². The molecule has 6 nitrogen and oxygen atoms in total. The van der Waals surface area contributed by atoms with Crippen LogP contribution in [-0.4, -0.2) is 23.2 Å². The minimum absolute atomic E-state index is 0. The van der Waals surface area contributed by atoms with Crippen LogP contribution in [0.1, 0.15) is 0 Å². The number of imidazole rings is 1. The molecule has 2 aromatic carbocycles. The first-order valence-electron chi connectivity index (χ1n) is 6.21. The quantitative estimate of drug-likeness (QED) is 0.593. The number of H-pyrrole nitrogens is 1. The average molecular weight is 307 g/mol. The van der Waals surface area contributed by atoms with Crippen LogP contribution < -0.4 is 40.0 Å². The van der Waals surface area contributed by atoms with Gasteiger partial charge in [0.15, 0.2) is 0 Å². The molecule has 2 N–H and O–H groups in total. The first-order valence-corrected chi connectivity index (χ1v) is 6.21. The molecule has 0 radical (unpaired) electrons. The smallest absolute Gasteiger partial charge is 0.872 e. The monoisotopic (exact) mass is 307 g/mol. The molecule has 1 heterocycles. The van der Waals surface area contributed by atoms with E-state index in [1.165, 1.54) is 19.2 Å². The van der Waals surface area contributed by atoms with Gasteiger partial charge in [0.05, 0.1) is 18.1 Å². The number of hydrogen-bond donors (Lipinski definition) is 2. The van der Waals surface area contributed by atoms with Crippen molar-refractivity contribution in [2.24, 2.45) is 0 Å². The molecule has 0 bridgehead atoms. The number of aromatic amines is 1. The van der Waals surface area contributed by atoms with Crippen LogP contribution in [0.4, 0.5) is 10.7 Å². The number of para-hydroxylation sites is 3. The number of anilines is 1. The molecule has 0 fully saturated rings. The van der Waals surface area contributed by atoms with Crippen molar-refractivity contribution in [2.75, 3.05) is 12.4 Å². The fourth-order valence-electron chi connectivity index (χ4n) is 1.58. The zero-order chi connectivity index (χ0) is 15.1. The largest absolute Gasteiger partial charge is 1.00 e. The summed E-state index contributed by atoms with van der Waals surface area (Å²) in [5.41, 5.74) is 1.68. The number of carbonyl (C=O) groups excluding carboxylic acids is 1. The van der Waals surface area contributed by atoms with E-state index in [0.29, 0.717) is 5.95 Å². The maximum absolute atomic E-state index is 10.9. The zero-order valence-electron chi connectivity index (χ0n) is 12.4. The van der Waals surface area contributed by atoms with Crippen molar-refractivity contribution < 1.29 is 44.2 Å². The standard InChI is InChI=1S/C9H9N3O2.C6H6O.Na/c1-14-9(13)12-8-10-6-4-2-3-5-7(6)11-8;7-6-4-2-1-3-5-6;/h2-5H,1H3,(H2,10,11,12,13);1-5,7H;/q;;+1/p-1. The summed E-state index contributed by atoms with van der Waals surface area (Å²) >= 11 is 0. The summed E-state index contributed by atoms with van der Waals surface area (Å²) in [5.74, 6) is 0.459. The molecule has 22 heavy (non-hydrogen) atoms. The number of hydrogen-bond acceptors (Lipinski definition) is 4. The fraction of sp³-hybridized carbons (Fsp3) is 0.0667. The van der Waals surface area contributed by atoms with E-state index in [4.69, 9.17) is 0 Å². The predicted molar refractivity (Wildman–Crippen MR) is 78.0 cm³/mol. The van der Waals surface area contributed by atoms with Gasteiger partial charge in [0.2, 0.25) is 5.95 Å². The van der Waals surface area contributed by atoms with Gasteiger partial charge in [-0.1, -0.05) is 42.5 Å². The van der Waals surface area contributed by atoms with E-state index in [2.05, 4.69) is 20.0 Å². The molecule has 3 aromatic rings. The van der Waals surface area contributed by atoms with Crippen LogP contribution in [0.5, 0.6) is 5.75 Å². The second-order valence-corrected chi connectivity index (χ2v) is 4.03. The topological polar surface area (TPSA) is 90.1 Å². The molecule has 1 aromatic heterocycles. The maximum atomic E-state index is 10.9. The van der Waals surface area contributed by atoms with E-state index < -0.39 is 6.09 Å². The van der Waals surface area contributed by atoms with E-state index in [-0.39, 0.29) is 35.3 Å². The van der Waals surface area contributed by atoms with Crippen molar-refractivity contribution in [2.45, 2.75) is 0 Å². The molecule has 1 amide bonds. The Bertz CT molecular complexity index is 683. The molecule has 0 unspecified atom stereocenters. The van der Waals surface area contributed by atoms with Crippen LogP contribution in [0.25, 0.3) is 11.0 Å². The number of fused-ring (bicyclic) bond motifs is 1. The Morgan fingerprint density at radius 2 is 1.77 bits per heavy atom. The van der Waals surface area contributed by atoms with Crippen LogP contribution in [0.15, 0.2) is 54.6 Å². The number of methoxy groups -OCH3 is 1. The van der Waals surface area contributed by atoms with E-state index in [1.54, 1.807) is 12.1 Å². The number of ether oxygens (including phenoxy) is 1. The molecule has 0 aliphatic carbocycles.